The van der Waals surface area contributed by atoms with E-state index < -0.39 is 0 Å². The van der Waals surface area contributed by atoms with Crippen molar-refractivity contribution in [2.24, 2.45) is 5.92 Å². The minimum absolute atomic E-state index is 0.572. The van der Waals surface area contributed by atoms with Crippen molar-refractivity contribution in [2.45, 2.75) is 45.2 Å². The average molecular weight is 263 g/mol. The van der Waals surface area contributed by atoms with Gasteiger partial charge in [0.25, 0.3) is 0 Å². The second kappa shape index (κ2) is 6.63. The van der Waals surface area contributed by atoms with Crippen molar-refractivity contribution >= 4 is 11.8 Å². The van der Waals surface area contributed by atoms with Crippen molar-refractivity contribution in [3.63, 3.8) is 0 Å². The molecular weight excluding hydrogens is 238 g/mol. The van der Waals surface area contributed by atoms with Gasteiger partial charge in [0.2, 0.25) is 0 Å². The molecule has 2 rings (SSSR count). The van der Waals surface area contributed by atoms with Gasteiger partial charge in [-0.15, -0.1) is 0 Å². The summed E-state index contributed by atoms with van der Waals surface area (Å²) >= 11 is 1.94. The average Bonchev–Trinajstić information content (AvgIpc) is 3.20. The van der Waals surface area contributed by atoms with Gasteiger partial charge in [-0.3, -0.25) is 0 Å². The molecule has 1 fully saturated rings. The molecule has 0 bridgehead atoms. The Morgan fingerprint density at radius 2 is 1.94 bits per heavy atom. The van der Waals surface area contributed by atoms with E-state index in [0.29, 0.717) is 12.1 Å². The van der Waals surface area contributed by atoms with E-state index in [-0.39, 0.29) is 0 Å². The van der Waals surface area contributed by atoms with Crippen LogP contribution >= 0.6 is 11.8 Å². The normalized spacial score (nSPS) is 18.6. The van der Waals surface area contributed by atoms with Gasteiger partial charge < -0.3 is 5.32 Å². The molecule has 1 nitrogen and oxygen atoms in total. The van der Waals surface area contributed by atoms with Gasteiger partial charge in [0.15, 0.2) is 0 Å². The molecule has 2 heteroatoms. The van der Waals surface area contributed by atoms with Crippen LogP contribution in [-0.4, -0.2) is 18.1 Å². The molecule has 2 unspecified atom stereocenters. The third-order valence-electron chi connectivity index (χ3n) is 3.81. The van der Waals surface area contributed by atoms with Gasteiger partial charge in [-0.25, -0.2) is 0 Å². The van der Waals surface area contributed by atoms with Crippen molar-refractivity contribution in [3.8, 4) is 0 Å². The van der Waals surface area contributed by atoms with Crippen LogP contribution in [0.1, 0.15) is 43.4 Å². The summed E-state index contributed by atoms with van der Waals surface area (Å²) in [5.74, 6) is 2.08. The number of hydrogen-bond acceptors (Lipinski definition) is 2. The fourth-order valence-electron chi connectivity index (χ4n) is 2.45. The third-order valence-corrected chi connectivity index (χ3v) is 4.54. The highest BCUT2D eigenvalue weighted by Crippen LogP contribution is 2.41. The lowest BCUT2D eigenvalue weighted by molar-refractivity contribution is 0.416. The molecule has 100 valence electrons. The zero-order valence-corrected chi connectivity index (χ0v) is 12.6. The first-order chi connectivity index (χ1) is 8.74. The van der Waals surface area contributed by atoms with Crippen molar-refractivity contribution in [1.29, 1.82) is 0 Å². The first kappa shape index (κ1) is 14.0. The van der Waals surface area contributed by atoms with Gasteiger partial charge in [-0.05, 0) is 43.9 Å². The lowest BCUT2D eigenvalue weighted by atomic mass is 10.00. The van der Waals surface area contributed by atoms with E-state index in [9.17, 15) is 0 Å². The highest BCUT2D eigenvalue weighted by molar-refractivity contribution is 7.98. The number of aryl methyl sites for hydroxylation is 1. The maximum absolute atomic E-state index is 3.88. The molecule has 1 saturated carbocycles. The number of benzene rings is 1. The van der Waals surface area contributed by atoms with Crippen LogP contribution < -0.4 is 5.32 Å². The molecule has 0 saturated heterocycles. The van der Waals surface area contributed by atoms with Crippen LogP contribution in [0.25, 0.3) is 0 Å². The van der Waals surface area contributed by atoms with Gasteiger partial charge in [0.1, 0.15) is 0 Å². The molecule has 1 aromatic carbocycles. The van der Waals surface area contributed by atoms with Crippen molar-refractivity contribution in [1.82, 2.24) is 5.32 Å². The van der Waals surface area contributed by atoms with Crippen LogP contribution in [0.2, 0.25) is 0 Å². The Hall–Kier alpha value is -0.470. The zero-order valence-electron chi connectivity index (χ0n) is 11.8. The van der Waals surface area contributed by atoms with E-state index in [2.05, 4.69) is 49.7 Å². The summed E-state index contributed by atoms with van der Waals surface area (Å²) in [4.78, 5) is 0. The molecule has 1 aromatic rings. The van der Waals surface area contributed by atoms with Crippen LogP contribution in [0.3, 0.4) is 0 Å². The Bertz CT molecular complexity index is 356. The van der Waals surface area contributed by atoms with Gasteiger partial charge in [-0.1, -0.05) is 36.8 Å². The van der Waals surface area contributed by atoms with Crippen LogP contribution in [-0.2, 0) is 0 Å². The summed E-state index contributed by atoms with van der Waals surface area (Å²) in [6.45, 7) is 4.44. The smallest absolute Gasteiger partial charge is 0.0351 e. The van der Waals surface area contributed by atoms with Gasteiger partial charge >= 0.3 is 0 Å². The van der Waals surface area contributed by atoms with E-state index >= 15 is 0 Å². The van der Waals surface area contributed by atoms with Crippen LogP contribution in [0.4, 0.5) is 0 Å². The Kier molecular flexibility index (Phi) is 5.13. The van der Waals surface area contributed by atoms with E-state index in [1.54, 1.807) is 0 Å². The molecular formula is C16H25NS. The molecule has 1 aliphatic carbocycles. The molecule has 2 atom stereocenters. The van der Waals surface area contributed by atoms with Crippen LogP contribution in [0.15, 0.2) is 24.3 Å². The molecule has 0 aromatic heterocycles. The molecule has 1 aliphatic rings. The summed E-state index contributed by atoms with van der Waals surface area (Å²) in [6, 6.07) is 10.3. The standard InChI is InChI=1S/C16H25NS/c1-4-15(11-18-3)17-16(14-9-10-14)13-7-5-12(2)6-8-13/h5-8,14-17H,4,9-11H2,1-3H3. The van der Waals surface area contributed by atoms with Gasteiger partial charge in [0.05, 0.1) is 0 Å². The summed E-state index contributed by atoms with van der Waals surface area (Å²) in [5, 5.41) is 3.88. The quantitative estimate of drug-likeness (QED) is 0.792. The highest BCUT2D eigenvalue weighted by Gasteiger charge is 2.33. The molecule has 0 amide bonds. The third kappa shape index (κ3) is 3.76. The Morgan fingerprint density at radius 1 is 1.28 bits per heavy atom. The summed E-state index contributed by atoms with van der Waals surface area (Å²) < 4.78 is 0. The second-order valence-corrected chi connectivity index (χ2v) is 6.36. The monoisotopic (exact) mass is 263 g/mol. The molecule has 0 spiro atoms. The fraction of sp³-hybridized carbons (Fsp3) is 0.625. The Balaban J connectivity index is 2.05. The molecule has 0 radical (unpaired) electrons. The van der Waals surface area contributed by atoms with Crippen LogP contribution in [0, 0.1) is 12.8 Å². The largest absolute Gasteiger partial charge is 0.306 e. The van der Waals surface area contributed by atoms with Crippen molar-refractivity contribution in [3.05, 3.63) is 35.4 Å². The van der Waals surface area contributed by atoms with E-state index in [4.69, 9.17) is 0 Å². The predicted octanol–water partition coefficient (Wildman–Crippen LogP) is 4.18. The van der Waals surface area contributed by atoms with E-state index in [1.807, 2.05) is 11.8 Å². The topological polar surface area (TPSA) is 12.0 Å². The predicted molar refractivity (Wildman–Crippen MR) is 82.2 cm³/mol. The lowest BCUT2D eigenvalue weighted by Gasteiger charge is -2.25. The van der Waals surface area contributed by atoms with E-state index in [0.717, 1.165) is 5.92 Å². The highest BCUT2D eigenvalue weighted by atomic mass is 32.2. The lowest BCUT2D eigenvalue weighted by Crippen LogP contribution is -2.35. The molecule has 0 heterocycles. The van der Waals surface area contributed by atoms with E-state index in [1.165, 1.54) is 36.1 Å². The second-order valence-electron chi connectivity index (χ2n) is 5.45. The Labute approximate surface area is 116 Å². The van der Waals surface area contributed by atoms with Gasteiger partial charge in [-0.2, -0.15) is 11.8 Å². The van der Waals surface area contributed by atoms with Crippen molar-refractivity contribution < 1.29 is 0 Å². The fourth-order valence-corrected chi connectivity index (χ4v) is 3.18. The van der Waals surface area contributed by atoms with Crippen molar-refractivity contribution in [2.75, 3.05) is 12.0 Å². The molecule has 1 N–H and O–H groups in total. The number of rotatable bonds is 7. The number of thioether (sulfide) groups is 1. The summed E-state index contributed by atoms with van der Waals surface area (Å²) in [7, 11) is 0. The first-order valence-corrected chi connectivity index (χ1v) is 8.45. The maximum atomic E-state index is 3.88. The minimum atomic E-state index is 0.572. The Morgan fingerprint density at radius 3 is 2.44 bits per heavy atom. The number of hydrogen-bond donors (Lipinski definition) is 1. The van der Waals surface area contributed by atoms with Gasteiger partial charge in [0, 0.05) is 17.8 Å². The molecule has 0 aliphatic heterocycles. The number of nitrogens with one attached hydrogen (secondary N) is 1. The zero-order chi connectivity index (χ0) is 13.0. The SMILES string of the molecule is CCC(CSC)NC(c1ccc(C)cc1)C1CC1. The van der Waals surface area contributed by atoms with Crippen LogP contribution in [0.5, 0.6) is 0 Å². The summed E-state index contributed by atoms with van der Waals surface area (Å²) in [5.41, 5.74) is 2.83. The first-order valence-electron chi connectivity index (χ1n) is 7.06. The minimum Gasteiger partial charge on any atom is -0.306 e. The summed E-state index contributed by atoms with van der Waals surface area (Å²) in [6.07, 6.45) is 6.20. The molecule has 18 heavy (non-hydrogen) atoms. The maximum Gasteiger partial charge on any atom is 0.0351 e.